The van der Waals surface area contributed by atoms with E-state index in [4.69, 9.17) is 0 Å². The van der Waals surface area contributed by atoms with E-state index in [0.29, 0.717) is 17.8 Å². The monoisotopic (exact) mass is 410 g/mol. The van der Waals surface area contributed by atoms with E-state index in [0.717, 1.165) is 30.8 Å². The molecule has 0 saturated carbocycles. The Hall–Kier alpha value is -2.21. The number of hydrogen-bond acceptors (Lipinski definition) is 4. The maximum Gasteiger partial charge on any atom is 0.123 e. The Bertz CT molecular complexity index is 946. The maximum absolute atomic E-state index is 13.6. The minimum absolute atomic E-state index is 0.113. The molecule has 29 heavy (non-hydrogen) atoms. The van der Waals surface area contributed by atoms with Gasteiger partial charge < -0.3 is 5.11 Å². The average Bonchev–Trinajstić information content (AvgIpc) is 3.20. The number of nitrogens with zero attached hydrogens (tertiary/aromatic N) is 2. The molecular weight excluding hydrogens is 383 g/mol. The highest BCUT2D eigenvalue weighted by atomic mass is 32.1. The van der Waals surface area contributed by atoms with E-state index in [1.54, 1.807) is 29.5 Å². The molecule has 0 bridgehead atoms. The molecule has 1 aliphatic rings. The van der Waals surface area contributed by atoms with Gasteiger partial charge in [-0.3, -0.25) is 9.80 Å². The molecule has 2 aromatic carbocycles. The van der Waals surface area contributed by atoms with Crippen molar-refractivity contribution in [2.75, 3.05) is 13.1 Å². The van der Waals surface area contributed by atoms with Crippen LogP contribution in [0.4, 0.5) is 4.39 Å². The Labute approximate surface area is 176 Å². The van der Waals surface area contributed by atoms with E-state index in [9.17, 15) is 9.50 Å². The van der Waals surface area contributed by atoms with Crippen molar-refractivity contribution < 1.29 is 9.50 Å². The molecule has 0 unspecified atom stereocenters. The van der Waals surface area contributed by atoms with Crippen molar-refractivity contribution >= 4 is 11.3 Å². The number of thiophene rings is 1. The minimum atomic E-state index is -0.178. The van der Waals surface area contributed by atoms with Crippen LogP contribution < -0.4 is 0 Å². The van der Waals surface area contributed by atoms with Crippen LogP contribution >= 0.6 is 11.3 Å². The first-order chi connectivity index (χ1) is 14.0. The van der Waals surface area contributed by atoms with Gasteiger partial charge in [-0.2, -0.15) is 11.3 Å². The summed E-state index contributed by atoms with van der Waals surface area (Å²) in [6, 6.07) is 17.5. The lowest BCUT2D eigenvalue weighted by atomic mass is 9.95. The van der Waals surface area contributed by atoms with E-state index in [2.05, 4.69) is 46.5 Å². The van der Waals surface area contributed by atoms with Crippen LogP contribution in [0.2, 0.25) is 0 Å². The van der Waals surface area contributed by atoms with E-state index < -0.39 is 0 Å². The largest absolute Gasteiger partial charge is 0.508 e. The molecule has 0 amide bonds. The highest BCUT2D eigenvalue weighted by Gasteiger charge is 2.35. The summed E-state index contributed by atoms with van der Waals surface area (Å²) in [6.45, 7) is 7.08. The topological polar surface area (TPSA) is 26.7 Å². The van der Waals surface area contributed by atoms with E-state index in [1.807, 2.05) is 18.2 Å². The van der Waals surface area contributed by atoms with Gasteiger partial charge in [0.2, 0.25) is 0 Å². The number of hydrogen-bond donors (Lipinski definition) is 1. The van der Waals surface area contributed by atoms with Crippen molar-refractivity contribution in [1.82, 2.24) is 9.80 Å². The number of aromatic hydroxyl groups is 1. The number of phenolic OH excluding ortho intramolecular Hbond substituents is 1. The fourth-order valence-corrected chi connectivity index (χ4v) is 5.05. The molecule has 5 heteroatoms. The second-order valence-corrected chi connectivity index (χ2v) is 8.79. The van der Waals surface area contributed by atoms with E-state index in [1.165, 1.54) is 11.6 Å². The summed E-state index contributed by atoms with van der Waals surface area (Å²) in [7, 11) is 0. The normalized spacial score (nSPS) is 21.9. The zero-order valence-corrected chi connectivity index (χ0v) is 17.6. The molecule has 1 fully saturated rings. The Morgan fingerprint density at radius 2 is 1.86 bits per heavy atom. The summed E-state index contributed by atoms with van der Waals surface area (Å²) in [5.74, 6) is 0.122. The van der Waals surface area contributed by atoms with Gasteiger partial charge in [-0.25, -0.2) is 4.39 Å². The van der Waals surface area contributed by atoms with E-state index in [-0.39, 0.29) is 11.9 Å². The van der Waals surface area contributed by atoms with Gasteiger partial charge in [0.15, 0.2) is 0 Å². The predicted molar refractivity (Wildman–Crippen MR) is 117 cm³/mol. The quantitative estimate of drug-likeness (QED) is 0.620. The summed E-state index contributed by atoms with van der Waals surface area (Å²) < 4.78 is 13.6. The second kappa shape index (κ2) is 8.66. The van der Waals surface area contributed by atoms with Crippen molar-refractivity contribution in [3.63, 3.8) is 0 Å². The fourth-order valence-electron chi connectivity index (χ4n) is 4.38. The Morgan fingerprint density at radius 1 is 1.03 bits per heavy atom. The third-order valence-corrected chi connectivity index (χ3v) is 6.52. The summed E-state index contributed by atoms with van der Waals surface area (Å²) >= 11 is 1.70. The van der Waals surface area contributed by atoms with Gasteiger partial charge >= 0.3 is 0 Å². The predicted octanol–water partition coefficient (Wildman–Crippen LogP) is 5.28. The molecule has 2 heterocycles. The molecule has 3 nitrogen and oxygen atoms in total. The number of rotatable bonds is 5. The molecule has 0 aliphatic carbocycles. The molecule has 152 valence electrons. The van der Waals surface area contributed by atoms with E-state index >= 15 is 0 Å². The smallest absolute Gasteiger partial charge is 0.123 e. The number of halogens is 1. The Balaban J connectivity index is 1.57. The highest BCUT2D eigenvalue weighted by molar-refractivity contribution is 7.08. The maximum atomic E-state index is 13.6. The molecule has 0 spiro atoms. The molecule has 0 radical (unpaired) electrons. The summed E-state index contributed by atoms with van der Waals surface area (Å²) in [5.41, 5.74) is 3.39. The molecule has 4 rings (SSSR count). The van der Waals surface area contributed by atoms with Gasteiger partial charge in [-0.05, 0) is 71.6 Å². The van der Waals surface area contributed by atoms with Crippen LogP contribution in [0.3, 0.4) is 0 Å². The SMILES string of the molecule is C[C@@H]1CN([C@H](c2ccsc2)c2cccc(O)c2)[C@@H](C)CN1Cc1cccc(F)c1. The Morgan fingerprint density at radius 3 is 2.59 bits per heavy atom. The first-order valence-corrected chi connectivity index (χ1v) is 11.0. The van der Waals surface area contributed by atoms with Gasteiger partial charge in [0.1, 0.15) is 11.6 Å². The third-order valence-electron chi connectivity index (χ3n) is 5.81. The lowest BCUT2D eigenvalue weighted by Gasteiger charge is -2.47. The third kappa shape index (κ3) is 4.53. The lowest BCUT2D eigenvalue weighted by Crippen LogP contribution is -2.56. The Kier molecular flexibility index (Phi) is 5.99. The summed E-state index contributed by atoms with van der Waals surface area (Å²) in [5, 5.41) is 14.4. The molecular formula is C24H27FN2OS. The molecule has 3 atom stereocenters. The molecule has 1 aliphatic heterocycles. The van der Waals surface area contributed by atoms with Crippen molar-refractivity contribution in [2.24, 2.45) is 0 Å². The fraction of sp³-hybridized carbons (Fsp3) is 0.333. The van der Waals surface area contributed by atoms with Crippen LogP contribution in [-0.4, -0.2) is 40.1 Å². The number of phenols is 1. The number of piperazine rings is 1. The molecule has 1 aromatic heterocycles. The lowest BCUT2D eigenvalue weighted by molar-refractivity contribution is 0.0195. The molecule has 1 saturated heterocycles. The first kappa shape index (κ1) is 20.1. The van der Waals surface area contributed by atoms with Gasteiger partial charge in [-0.15, -0.1) is 0 Å². The van der Waals surface area contributed by atoms with Gasteiger partial charge in [0.05, 0.1) is 6.04 Å². The van der Waals surface area contributed by atoms with Gasteiger partial charge in [0.25, 0.3) is 0 Å². The van der Waals surface area contributed by atoms with Gasteiger partial charge in [-0.1, -0.05) is 24.3 Å². The zero-order valence-electron chi connectivity index (χ0n) is 16.8. The summed E-state index contributed by atoms with van der Waals surface area (Å²) in [4.78, 5) is 4.96. The van der Waals surface area contributed by atoms with Crippen LogP contribution in [0.15, 0.2) is 65.4 Å². The number of benzene rings is 2. The van der Waals surface area contributed by atoms with Crippen molar-refractivity contribution in [3.8, 4) is 5.75 Å². The van der Waals surface area contributed by atoms with Crippen LogP contribution in [0.5, 0.6) is 5.75 Å². The summed E-state index contributed by atoms with van der Waals surface area (Å²) in [6.07, 6.45) is 0. The van der Waals surface area contributed by atoms with Crippen LogP contribution in [0, 0.1) is 5.82 Å². The van der Waals surface area contributed by atoms with Crippen molar-refractivity contribution in [3.05, 3.63) is 87.9 Å². The highest BCUT2D eigenvalue weighted by Crippen LogP contribution is 2.35. The minimum Gasteiger partial charge on any atom is -0.508 e. The van der Waals surface area contributed by atoms with Crippen molar-refractivity contribution in [2.45, 2.75) is 38.5 Å². The second-order valence-electron chi connectivity index (χ2n) is 8.01. The van der Waals surface area contributed by atoms with Crippen molar-refractivity contribution in [1.29, 1.82) is 0 Å². The van der Waals surface area contributed by atoms with Crippen LogP contribution in [-0.2, 0) is 6.54 Å². The van der Waals surface area contributed by atoms with Crippen LogP contribution in [0.25, 0.3) is 0 Å². The van der Waals surface area contributed by atoms with Gasteiger partial charge in [0, 0.05) is 31.7 Å². The molecule has 3 aromatic rings. The molecule has 1 N–H and O–H groups in total. The zero-order chi connectivity index (χ0) is 20.4. The average molecular weight is 411 g/mol. The standard InChI is InChI=1S/C24H27FN2OS/c1-17-14-27(18(2)13-26(17)15-19-5-3-7-22(25)11-19)24(21-9-10-29-16-21)20-6-4-8-23(28)12-20/h3-12,16-18,24,28H,13-15H2,1-2H3/t17-,18+,24+/m1/s1. The first-order valence-electron chi connectivity index (χ1n) is 10.1. The van der Waals surface area contributed by atoms with Crippen LogP contribution in [0.1, 0.15) is 36.6 Å².